The van der Waals surface area contributed by atoms with E-state index in [9.17, 15) is 5.11 Å². The highest BCUT2D eigenvalue weighted by atomic mass is 16.4. The molecule has 3 nitrogen and oxygen atoms in total. The number of nitrogens with one attached hydrogen (secondary N) is 1. The van der Waals surface area contributed by atoms with Gasteiger partial charge in [-0.05, 0) is 37.9 Å². The molecule has 1 atom stereocenters. The first kappa shape index (κ1) is 14.1. The first-order valence-electron chi connectivity index (χ1n) is 6.83. The molecule has 1 aromatic heterocycles. The SMILES string of the molecule is Cc1cccc2cc(C(C)(O)CNCC(C)C)oc12. The standard InChI is InChI=1S/C16H23NO2/c1-11(2)9-17-10-16(4,18)14-8-13-7-5-6-12(3)15(13)19-14/h5-8,11,17-18H,9-10H2,1-4H3. The molecule has 3 heteroatoms. The Bertz CT molecular complexity index is 555. The van der Waals surface area contributed by atoms with Gasteiger partial charge in [0.1, 0.15) is 16.9 Å². The Morgan fingerprint density at radius 1 is 1.37 bits per heavy atom. The zero-order chi connectivity index (χ0) is 14.0. The Kier molecular flexibility index (Phi) is 3.97. The van der Waals surface area contributed by atoms with Gasteiger partial charge >= 0.3 is 0 Å². The lowest BCUT2D eigenvalue weighted by molar-refractivity contribution is 0.0354. The summed E-state index contributed by atoms with van der Waals surface area (Å²) in [5.41, 5.74) is 0.969. The number of rotatable bonds is 5. The fourth-order valence-corrected chi connectivity index (χ4v) is 2.17. The van der Waals surface area contributed by atoms with Crippen LogP contribution in [0.3, 0.4) is 0 Å². The van der Waals surface area contributed by atoms with Crippen molar-refractivity contribution < 1.29 is 9.52 Å². The minimum Gasteiger partial charge on any atom is -0.458 e. The molecule has 0 aliphatic carbocycles. The summed E-state index contributed by atoms with van der Waals surface area (Å²) in [6, 6.07) is 7.95. The highest BCUT2D eigenvalue weighted by Crippen LogP contribution is 2.29. The summed E-state index contributed by atoms with van der Waals surface area (Å²) in [6.07, 6.45) is 0. The van der Waals surface area contributed by atoms with Crippen molar-refractivity contribution in [1.82, 2.24) is 5.32 Å². The normalized spacial score (nSPS) is 15.1. The fourth-order valence-electron chi connectivity index (χ4n) is 2.17. The number of hydrogen-bond donors (Lipinski definition) is 2. The molecule has 1 unspecified atom stereocenters. The number of aryl methyl sites for hydroxylation is 1. The van der Waals surface area contributed by atoms with Gasteiger partial charge in [0.05, 0.1) is 0 Å². The summed E-state index contributed by atoms with van der Waals surface area (Å²) in [5.74, 6) is 1.18. The van der Waals surface area contributed by atoms with E-state index in [1.165, 1.54) is 0 Å². The number of aliphatic hydroxyl groups is 1. The zero-order valence-corrected chi connectivity index (χ0v) is 12.2. The summed E-state index contributed by atoms with van der Waals surface area (Å²) in [7, 11) is 0. The molecule has 19 heavy (non-hydrogen) atoms. The Balaban J connectivity index is 2.20. The van der Waals surface area contributed by atoms with Gasteiger partial charge in [0, 0.05) is 11.9 Å². The largest absolute Gasteiger partial charge is 0.458 e. The van der Waals surface area contributed by atoms with Gasteiger partial charge in [-0.15, -0.1) is 0 Å². The van der Waals surface area contributed by atoms with Gasteiger partial charge in [-0.1, -0.05) is 32.0 Å². The molecule has 0 radical (unpaired) electrons. The van der Waals surface area contributed by atoms with Crippen LogP contribution in [0, 0.1) is 12.8 Å². The molecule has 2 N–H and O–H groups in total. The first-order chi connectivity index (χ1) is 8.90. The van der Waals surface area contributed by atoms with Crippen LogP contribution in [-0.2, 0) is 5.60 Å². The number of furan rings is 1. The molecule has 0 saturated heterocycles. The highest BCUT2D eigenvalue weighted by molar-refractivity contribution is 5.81. The van der Waals surface area contributed by atoms with Gasteiger partial charge in [0.25, 0.3) is 0 Å². The second-order valence-electron chi connectivity index (χ2n) is 5.90. The number of hydrogen-bond acceptors (Lipinski definition) is 3. The van der Waals surface area contributed by atoms with Gasteiger partial charge in [-0.2, -0.15) is 0 Å². The van der Waals surface area contributed by atoms with E-state index in [1.807, 2.05) is 31.2 Å². The topological polar surface area (TPSA) is 45.4 Å². The van der Waals surface area contributed by atoms with Crippen LogP contribution >= 0.6 is 0 Å². The van der Waals surface area contributed by atoms with Gasteiger partial charge in [0.15, 0.2) is 0 Å². The molecule has 1 aromatic carbocycles. The van der Waals surface area contributed by atoms with Crippen LogP contribution in [0.1, 0.15) is 32.1 Å². The molecule has 0 aliphatic rings. The second kappa shape index (κ2) is 5.35. The molecule has 1 heterocycles. The Morgan fingerprint density at radius 3 is 2.74 bits per heavy atom. The Morgan fingerprint density at radius 2 is 2.11 bits per heavy atom. The molecule has 0 aliphatic heterocycles. The molecule has 0 amide bonds. The van der Waals surface area contributed by atoms with Crippen molar-refractivity contribution in [1.29, 1.82) is 0 Å². The third kappa shape index (κ3) is 3.17. The van der Waals surface area contributed by atoms with Crippen molar-refractivity contribution in [3.8, 4) is 0 Å². The van der Waals surface area contributed by atoms with Gasteiger partial charge < -0.3 is 14.8 Å². The average molecular weight is 261 g/mol. The summed E-state index contributed by atoms with van der Waals surface area (Å²) in [5, 5.41) is 14.8. The lowest BCUT2D eigenvalue weighted by Crippen LogP contribution is -2.36. The van der Waals surface area contributed by atoms with Crippen molar-refractivity contribution in [3.63, 3.8) is 0 Å². The van der Waals surface area contributed by atoms with E-state index in [-0.39, 0.29) is 0 Å². The number of fused-ring (bicyclic) bond motifs is 1. The monoisotopic (exact) mass is 261 g/mol. The van der Waals surface area contributed by atoms with Crippen LogP contribution in [0.25, 0.3) is 11.0 Å². The quantitative estimate of drug-likeness (QED) is 0.869. The average Bonchev–Trinajstić information content (AvgIpc) is 2.74. The molecule has 0 saturated carbocycles. The van der Waals surface area contributed by atoms with E-state index >= 15 is 0 Å². The van der Waals surface area contributed by atoms with E-state index in [4.69, 9.17) is 4.42 Å². The third-order valence-corrected chi connectivity index (χ3v) is 3.29. The van der Waals surface area contributed by atoms with E-state index in [0.717, 1.165) is 23.1 Å². The smallest absolute Gasteiger partial charge is 0.137 e. The maximum Gasteiger partial charge on any atom is 0.137 e. The molecule has 104 valence electrons. The van der Waals surface area contributed by atoms with Crippen molar-refractivity contribution >= 4 is 11.0 Å². The molecule has 2 rings (SSSR count). The molecule has 0 spiro atoms. The minimum atomic E-state index is -0.986. The van der Waals surface area contributed by atoms with Crippen LogP contribution in [0.4, 0.5) is 0 Å². The fraction of sp³-hybridized carbons (Fsp3) is 0.500. The first-order valence-corrected chi connectivity index (χ1v) is 6.83. The van der Waals surface area contributed by atoms with Crippen LogP contribution in [0.5, 0.6) is 0 Å². The van der Waals surface area contributed by atoms with Crippen LogP contribution < -0.4 is 5.32 Å². The van der Waals surface area contributed by atoms with Gasteiger partial charge in [-0.25, -0.2) is 0 Å². The zero-order valence-electron chi connectivity index (χ0n) is 12.2. The Labute approximate surface area is 114 Å². The molecule has 2 aromatic rings. The van der Waals surface area contributed by atoms with E-state index in [0.29, 0.717) is 18.2 Å². The van der Waals surface area contributed by atoms with Gasteiger partial charge in [0.2, 0.25) is 0 Å². The van der Waals surface area contributed by atoms with Gasteiger partial charge in [-0.3, -0.25) is 0 Å². The van der Waals surface area contributed by atoms with Crippen molar-refractivity contribution in [2.24, 2.45) is 5.92 Å². The third-order valence-electron chi connectivity index (χ3n) is 3.29. The maximum atomic E-state index is 10.5. The van der Waals surface area contributed by atoms with E-state index < -0.39 is 5.60 Å². The second-order valence-corrected chi connectivity index (χ2v) is 5.90. The summed E-state index contributed by atoms with van der Waals surface area (Å²) < 4.78 is 5.83. The van der Waals surface area contributed by atoms with E-state index in [1.54, 1.807) is 6.92 Å². The molecule has 0 fully saturated rings. The Hall–Kier alpha value is -1.32. The number of benzene rings is 1. The van der Waals surface area contributed by atoms with Crippen molar-refractivity contribution in [2.45, 2.75) is 33.3 Å². The van der Waals surface area contributed by atoms with Crippen LogP contribution in [0.2, 0.25) is 0 Å². The van der Waals surface area contributed by atoms with Crippen LogP contribution in [0.15, 0.2) is 28.7 Å². The molecule has 0 bridgehead atoms. The van der Waals surface area contributed by atoms with Crippen molar-refractivity contribution in [3.05, 3.63) is 35.6 Å². The molecular weight excluding hydrogens is 238 g/mol. The minimum absolute atomic E-state index is 0.490. The van der Waals surface area contributed by atoms with Crippen molar-refractivity contribution in [2.75, 3.05) is 13.1 Å². The highest BCUT2D eigenvalue weighted by Gasteiger charge is 2.27. The summed E-state index contributed by atoms with van der Waals surface area (Å²) in [6.45, 7) is 9.46. The van der Waals surface area contributed by atoms with E-state index in [2.05, 4.69) is 19.2 Å². The lowest BCUT2D eigenvalue weighted by Gasteiger charge is -2.21. The van der Waals surface area contributed by atoms with Crippen LogP contribution in [-0.4, -0.2) is 18.2 Å². The number of para-hydroxylation sites is 1. The maximum absolute atomic E-state index is 10.5. The predicted octanol–water partition coefficient (Wildman–Crippen LogP) is 3.19. The molecular formula is C16H23NO2. The lowest BCUT2D eigenvalue weighted by atomic mass is 10.0. The summed E-state index contributed by atoms with van der Waals surface area (Å²) >= 11 is 0. The predicted molar refractivity (Wildman–Crippen MR) is 78.2 cm³/mol. The summed E-state index contributed by atoms with van der Waals surface area (Å²) in [4.78, 5) is 0.